The number of anilines is 2. The van der Waals surface area contributed by atoms with Gasteiger partial charge in [0.05, 0.1) is 12.5 Å². The third kappa shape index (κ3) is 2.94. The lowest BCUT2D eigenvalue weighted by molar-refractivity contribution is -0.114. The largest absolute Gasteiger partial charge is 0.341 e. The highest BCUT2D eigenvalue weighted by atomic mass is 16.2. The Kier molecular flexibility index (Phi) is 3.38. The Morgan fingerprint density at radius 3 is 2.22 bits per heavy atom. The second-order valence-corrected chi connectivity index (χ2v) is 3.68. The summed E-state index contributed by atoms with van der Waals surface area (Å²) < 4.78 is 0. The summed E-state index contributed by atoms with van der Waals surface area (Å²) in [6, 6.07) is 6.84. The van der Waals surface area contributed by atoms with Crippen LogP contribution in [0.4, 0.5) is 11.4 Å². The van der Waals surface area contributed by atoms with Gasteiger partial charge in [0.15, 0.2) is 0 Å². The zero-order chi connectivity index (χ0) is 13.0. The maximum Gasteiger partial charge on any atom is 0.273 e. The van der Waals surface area contributed by atoms with Gasteiger partial charge in [-0.1, -0.05) is 0 Å². The highest BCUT2D eigenvalue weighted by Crippen LogP contribution is 2.14. The summed E-state index contributed by atoms with van der Waals surface area (Å²) in [6.07, 6.45) is 2.88. The van der Waals surface area contributed by atoms with Gasteiger partial charge in [-0.3, -0.25) is 9.59 Å². The molecule has 0 bridgehead atoms. The van der Waals surface area contributed by atoms with Crippen LogP contribution in [-0.2, 0) is 4.79 Å². The first-order valence-corrected chi connectivity index (χ1v) is 5.32. The number of aromatic nitrogens is 2. The van der Waals surface area contributed by atoms with Gasteiger partial charge < -0.3 is 15.6 Å². The molecule has 1 aromatic carbocycles. The lowest BCUT2D eigenvalue weighted by Crippen LogP contribution is -2.12. The van der Waals surface area contributed by atoms with Gasteiger partial charge in [-0.15, -0.1) is 0 Å². The first kappa shape index (κ1) is 11.8. The van der Waals surface area contributed by atoms with Crippen LogP contribution in [0.15, 0.2) is 36.8 Å². The van der Waals surface area contributed by atoms with Crippen LogP contribution >= 0.6 is 0 Å². The molecule has 0 spiro atoms. The minimum Gasteiger partial charge on any atom is -0.341 e. The van der Waals surface area contributed by atoms with Crippen LogP contribution in [0.3, 0.4) is 0 Å². The Balaban J connectivity index is 2.02. The van der Waals surface area contributed by atoms with Gasteiger partial charge in [0.2, 0.25) is 5.91 Å². The molecule has 2 amide bonds. The third-order valence-corrected chi connectivity index (χ3v) is 2.21. The molecular weight excluding hydrogens is 232 g/mol. The number of carbonyl (C=O) groups is 2. The number of amides is 2. The molecule has 1 heterocycles. The van der Waals surface area contributed by atoms with Crippen molar-refractivity contribution in [1.82, 2.24) is 9.97 Å². The van der Waals surface area contributed by atoms with E-state index in [1.165, 1.54) is 19.4 Å². The lowest BCUT2D eigenvalue weighted by atomic mass is 10.2. The van der Waals surface area contributed by atoms with E-state index in [0.717, 1.165) is 0 Å². The SMILES string of the molecule is CC(=O)Nc1ccc(NC(=O)c2cnc[nH]2)cc1. The molecule has 0 aliphatic rings. The Morgan fingerprint density at radius 1 is 1.11 bits per heavy atom. The normalized spacial score (nSPS) is 9.83. The van der Waals surface area contributed by atoms with E-state index in [1.54, 1.807) is 24.3 Å². The summed E-state index contributed by atoms with van der Waals surface area (Å²) in [5, 5.41) is 5.35. The summed E-state index contributed by atoms with van der Waals surface area (Å²) in [5.74, 6) is -0.399. The van der Waals surface area contributed by atoms with Crippen LogP contribution in [0, 0.1) is 0 Å². The summed E-state index contributed by atoms with van der Waals surface area (Å²) in [4.78, 5) is 29.0. The number of nitrogens with one attached hydrogen (secondary N) is 3. The molecule has 0 aliphatic carbocycles. The highest BCUT2D eigenvalue weighted by Gasteiger charge is 2.06. The standard InChI is InChI=1S/C12H12N4O2/c1-8(17)15-9-2-4-10(5-3-9)16-12(18)11-6-13-7-14-11/h2-7H,1H3,(H,13,14)(H,15,17)(H,16,18). The Labute approximate surface area is 103 Å². The van der Waals surface area contributed by atoms with Crippen molar-refractivity contribution >= 4 is 23.2 Å². The van der Waals surface area contributed by atoms with Crippen molar-refractivity contribution in [2.75, 3.05) is 10.6 Å². The summed E-state index contributed by atoms with van der Waals surface area (Å²) >= 11 is 0. The van der Waals surface area contributed by atoms with Gasteiger partial charge >= 0.3 is 0 Å². The molecule has 0 fully saturated rings. The van der Waals surface area contributed by atoms with Gasteiger partial charge in [0, 0.05) is 18.3 Å². The van der Waals surface area contributed by atoms with Crippen LogP contribution in [0.1, 0.15) is 17.4 Å². The van der Waals surface area contributed by atoms with Crippen molar-refractivity contribution < 1.29 is 9.59 Å². The zero-order valence-corrected chi connectivity index (χ0v) is 9.73. The number of hydrogen-bond acceptors (Lipinski definition) is 3. The van der Waals surface area contributed by atoms with Crippen molar-refractivity contribution in [3.05, 3.63) is 42.5 Å². The third-order valence-electron chi connectivity index (χ3n) is 2.21. The van der Waals surface area contributed by atoms with Crippen molar-refractivity contribution in [3.8, 4) is 0 Å². The summed E-state index contributed by atoms with van der Waals surface area (Å²) in [5.41, 5.74) is 1.71. The van der Waals surface area contributed by atoms with Crippen LogP contribution in [-0.4, -0.2) is 21.8 Å². The monoisotopic (exact) mass is 244 g/mol. The van der Waals surface area contributed by atoms with Crippen LogP contribution < -0.4 is 10.6 Å². The molecule has 0 radical (unpaired) electrons. The maximum absolute atomic E-state index is 11.7. The summed E-state index contributed by atoms with van der Waals surface area (Å²) in [7, 11) is 0. The van der Waals surface area contributed by atoms with Crippen LogP contribution in [0.2, 0.25) is 0 Å². The predicted molar refractivity (Wildman–Crippen MR) is 67.3 cm³/mol. The number of aromatic amines is 1. The lowest BCUT2D eigenvalue weighted by Gasteiger charge is -2.05. The first-order chi connectivity index (χ1) is 8.65. The molecule has 0 saturated heterocycles. The van der Waals surface area contributed by atoms with Gasteiger partial charge in [0.1, 0.15) is 5.69 Å². The molecule has 2 aromatic rings. The fourth-order valence-electron chi connectivity index (χ4n) is 1.42. The Hall–Kier alpha value is -2.63. The number of benzene rings is 1. The maximum atomic E-state index is 11.7. The molecule has 92 valence electrons. The zero-order valence-electron chi connectivity index (χ0n) is 9.73. The van der Waals surface area contributed by atoms with E-state index in [0.29, 0.717) is 17.1 Å². The average molecular weight is 244 g/mol. The molecule has 18 heavy (non-hydrogen) atoms. The molecule has 0 aliphatic heterocycles. The second kappa shape index (κ2) is 5.13. The van der Waals surface area contributed by atoms with Crippen LogP contribution in [0.5, 0.6) is 0 Å². The average Bonchev–Trinajstić information content (AvgIpc) is 2.84. The van der Waals surface area contributed by atoms with Gasteiger partial charge in [-0.2, -0.15) is 0 Å². The van der Waals surface area contributed by atoms with E-state index >= 15 is 0 Å². The van der Waals surface area contributed by atoms with E-state index in [9.17, 15) is 9.59 Å². The number of rotatable bonds is 3. The number of H-pyrrole nitrogens is 1. The molecule has 0 unspecified atom stereocenters. The van der Waals surface area contributed by atoms with E-state index in [-0.39, 0.29) is 11.8 Å². The van der Waals surface area contributed by atoms with Crippen molar-refractivity contribution in [1.29, 1.82) is 0 Å². The van der Waals surface area contributed by atoms with Crippen molar-refractivity contribution in [2.24, 2.45) is 0 Å². The topological polar surface area (TPSA) is 86.9 Å². The fourth-order valence-corrected chi connectivity index (χ4v) is 1.42. The van der Waals surface area contributed by atoms with E-state index in [1.807, 2.05) is 0 Å². The number of carbonyl (C=O) groups excluding carboxylic acids is 2. The molecular formula is C12H12N4O2. The van der Waals surface area contributed by atoms with Gasteiger partial charge in [0.25, 0.3) is 5.91 Å². The van der Waals surface area contributed by atoms with E-state index in [2.05, 4.69) is 20.6 Å². The molecule has 6 nitrogen and oxygen atoms in total. The molecule has 2 rings (SSSR count). The molecule has 6 heteroatoms. The first-order valence-electron chi connectivity index (χ1n) is 5.32. The molecule has 0 atom stereocenters. The quantitative estimate of drug-likeness (QED) is 0.766. The number of hydrogen-bond donors (Lipinski definition) is 3. The minimum atomic E-state index is -0.264. The van der Waals surface area contributed by atoms with E-state index in [4.69, 9.17) is 0 Å². The van der Waals surface area contributed by atoms with Gasteiger partial charge in [-0.25, -0.2) is 4.98 Å². The Bertz CT molecular complexity index is 546. The minimum absolute atomic E-state index is 0.135. The Morgan fingerprint density at radius 2 is 1.72 bits per heavy atom. The fraction of sp³-hybridized carbons (Fsp3) is 0.0833. The van der Waals surface area contributed by atoms with E-state index < -0.39 is 0 Å². The van der Waals surface area contributed by atoms with Crippen molar-refractivity contribution in [2.45, 2.75) is 6.92 Å². The number of imidazole rings is 1. The number of nitrogens with zero attached hydrogens (tertiary/aromatic N) is 1. The second-order valence-electron chi connectivity index (χ2n) is 3.68. The molecule has 3 N–H and O–H groups in total. The highest BCUT2D eigenvalue weighted by molar-refractivity contribution is 6.02. The van der Waals surface area contributed by atoms with Crippen molar-refractivity contribution in [3.63, 3.8) is 0 Å². The summed E-state index contributed by atoms with van der Waals surface area (Å²) in [6.45, 7) is 1.44. The smallest absolute Gasteiger partial charge is 0.273 e. The van der Waals surface area contributed by atoms with Crippen LogP contribution in [0.25, 0.3) is 0 Å². The predicted octanol–water partition coefficient (Wildman–Crippen LogP) is 1.62. The molecule has 0 saturated carbocycles. The molecule has 1 aromatic heterocycles. The van der Waals surface area contributed by atoms with Gasteiger partial charge in [-0.05, 0) is 24.3 Å².